The average molecular weight is 249 g/mol. The van der Waals surface area contributed by atoms with Crippen LogP contribution >= 0.6 is 0 Å². The quantitative estimate of drug-likeness (QED) is 0.791. The predicted octanol–water partition coefficient (Wildman–Crippen LogP) is 1.26. The molecule has 0 aromatic rings. The fraction of sp³-hybridized carbons (Fsp3) is 1.00. The van der Waals surface area contributed by atoms with Crippen molar-refractivity contribution in [3.8, 4) is 0 Å². The van der Waals surface area contributed by atoms with Crippen molar-refractivity contribution >= 4 is 10.0 Å². The molecular formula is C11H23NO3S. The Morgan fingerprint density at radius 3 is 2.06 bits per heavy atom. The highest BCUT2D eigenvalue weighted by molar-refractivity contribution is 7.90. The second-order valence-electron chi connectivity index (χ2n) is 5.63. The Kier molecular flexibility index (Phi) is 4.37. The Labute approximate surface area is 98.5 Å². The van der Waals surface area contributed by atoms with Crippen LogP contribution in [0.2, 0.25) is 0 Å². The molecule has 1 fully saturated rings. The van der Waals surface area contributed by atoms with Crippen LogP contribution in [0.4, 0.5) is 0 Å². The van der Waals surface area contributed by atoms with E-state index in [0.29, 0.717) is 5.92 Å². The maximum absolute atomic E-state index is 11.9. The second-order valence-corrected chi connectivity index (χ2v) is 8.10. The van der Waals surface area contributed by atoms with Crippen molar-refractivity contribution < 1.29 is 13.5 Å². The molecule has 0 radical (unpaired) electrons. The summed E-state index contributed by atoms with van der Waals surface area (Å²) in [6.07, 6.45) is 3.49. The molecule has 5 heteroatoms. The van der Waals surface area contributed by atoms with Gasteiger partial charge in [-0.05, 0) is 52.4 Å². The molecule has 0 heterocycles. The molecule has 16 heavy (non-hydrogen) atoms. The van der Waals surface area contributed by atoms with Gasteiger partial charge in [0.15, 0.2) is 0 Å². The van der Waals surface area contributed by atoms with Gasteiger partial charge in [-0.1, -0.05) is 0 Å². The van der Waals surface area contributed by atoms with Gasteiger partial charge in [-0.2, -0.15) is 0 Å². The molecule has 96 valence electrons. The van der Waals surface area contributed by atoms with E-state index in [2.05, 4.69) is 4.72 Å². The molecule has 4 nitrogen and oxygen atoms in total. The normalized spacial score (nSPS) is 28.0. The summed E-state index contributed by atoms with van der Waals surface area (Å²) in [4.78, 5) is 0. The third-order valence-electron chi connectivity index (χ3n) is 3.23. The van der Waals surface area contributed by atoms with Crippen LogP contribution in [-0.4, -0.2) is 30.9 Å². The zero-order valence-electron chi connectivity index (χ0n) is 10.4. The van der Waals surface area contributed by atoms with Crippen LogP contribution in [-0.2, 0) is 10.0 Å². The van der Waals surface area contributed by atoms with Gasteiger partial charge in [0, 0.05) is 12.6 Å². The van der Waals surface area contributed by atoms with Crippen molar-refractivity contribution in [1.82, 2.24) is 4.72 Å². The smallest absolute Gasteiger partial charge is 0.216 e. The van der Waals surface area contributed by atoms with E-state index in [4.69, 9.17) is 5.11 Å². The largest absolute Gasteiger partial charge is 0.396 e. The van der Waals surface area contributed by atoms with E-state index in [1.807, 2.05) is 0 Å². The van der Waals surface area contributed by atoms with E-state index < -0.39 is 14.8 Å². The fourth-order valence-corrected chi connectivity index (χ4v) is 2.89. The van der Waals surface area contributed by atoms with E-state index in [0.717, 1.165) is 25.7 Å². The first-order valence-electron chi connectivity index (χ1n) is 5.89. The summed E-state index contributed by atoms with van der Waals surface area (Å²) < 4.78 is 25.8. The third-order valence-corrected chi connectivity index (χ3v) is 5.49. The minimum Gasteiger partial charge on any atom is -0.396 e. The summed E-state index contributed by atoms with van der Waals surface area (Å²) in [5, 5.41) is 9.00. The second kappa shape index (κ2) is 5.02. The summed E-state index contributed by atoms with van der Waals surface area (Å²) in [6, 6.07) is 0.0482. The van der Waals surface area contributed by atoms with Gasteiger partial charge < -0.3 is 5.11 Å². The lowest BCUT2D eigenvalue weighted by Crippen LogP contribution is -2.46. The third kappa shape index (κ3) is 3.43. The number of rotatable bonds is 3. The van der Waals surface area contributed by atoms with Crippen LogP contribution in [0.3, 0.4) is 0 Å². The number of nitrogens with one attached hydrogen (secondary N) is 1. The van der Waals surface area contributed by atoms with Gasteiger partial charge in [0.25, 0.3) is 0 Å². The molecule has 0 spiro atoms. The van der Waals surface area contributed by atoms with Gasteiger partial charge in [0.2, 0.25) is 10.0 Å². The van der Waals surface area contributed by atoms with Crippen molar-refractivity contribution in [2.75, 3.05) is 6.61 Å². The topological polar surface area (TPSA) is 66.4 Å². The van der Waals surface area contributed by atoms with Gasteiger partial charge in [0.05, 0.1) is 4.75 Å². The minimum absolute atomic E-state index is 0.0482. The highest BCUT2D eigenvalue weighted by Crippen LogP contribution is 2.25. The van der Waals surface area contributed by atoms with Crippen molar-refractivity contribution in [2.24, 2.45) is 5.92 Å². The minimum atomic E-state index is -3.23. The van der Waals surface area contributed by atoms with Crippen LogP contribution in [0.25, 0.3) is 0 Å². The lowest BCUT2D eigenvalue weighted by Gasteiger charge is -2.30. The molecule has 1 saturated carbocycles. The van der Waals surface area contributed by atoms with Crippen LogP contribution in [0.15, 0.2) is 0 Å². The Balaban J connectivity index is 2.52. The van der Waals surface area contributed by atoms with Crippen molar-refractivity contribution in [2.45, 2.75) is 57.2 Å². The Morgan fingerprint density at radius 2 is 1.69 bits per heavy atom. The zero-order valence-corrected chi connectivity index (χ0v) is 11.2. The van der Waals surface area contributed by atoms with Crippen molar-refractivity contribution in [1.29, 1.82) is 0 Å². The first-order valence-corrected chi connectivity index (χ1v) is 7.37. The summed E-state index contributed by atoms with van der Waals surface area (Å²) in [7, 11) is -3.23. The maximum atomic E-state index is 11.9. The molecular weight excluding hydrogens is 226 g/mol. The zero-order chi connectivity index (χ0) is 12.4. The van der Waals surface area contributed by atoms with Gasteiger partial charge in [-0.3, -0.25) is 0 Å². The molecule has 0 bridgehead atoms. The van der Waals surface area contributed by atoms with Gasteiger partial charge in [0.1, 0.15) is 0 Å². The van der Waals surface area contributed by atoms with Crippen LogP contribution in [0.5, 0.6) is 0 Å². The van der Waals surface area contributed by atoms with E-state index in [1.165, 1.54) is 0 Å². The SMILES string of the molecule is CC(C)(C)S(=O)(=O)NC1CCC(CO)CC1. The van der Waals surface area contributed by atoms with Crippen molar-refractivity contribution in [3.05, 3.63) is 0 Å². The van der Waals surface area contributed by atoms with Gasteiger partial charge in [-0.15, -0.1) is 0 Å². The summed E-state index contributed by atoms with van der Waals surface area (Å²) in [6.45, 7) is 5.33. The highest BCUT2D eigenvalue weighted by atomic mass is 32.2. The average Bonchev–Trinajstić information content (AvgIpc) is 2.16. The van der Waals surface area contributed by atoms with Crippen molar-refractivity contribution in [3.63, 3.8) is 0 Å². The molecule has 0 unspecified atom stereocenters. The first kappa shape index (κ1) is 13.9. The number of hydrogen-bond acceptors (Lipinski definition) is 3. The standard InChI is InChI=1S/C11H23NO3S/c1-11(2,3)16(14,15)12-10-6-4-9(8-13)5-7-10/h9-10,12-13H,4-8H2,1-3H3. The summed E-state index contributed by atoms with van der Waals surface area (Å²) >= 11 is 0. The monoisotopic (exact) mass is 249 g/mol. The molecule has 1 aliphatic rings. The van der Waals surface area contributed by atoms with Crippen LogP contribution < -0.4 is 4.72 Å². The van der Waals surface area contributed by atoms with Gasteiger partial charge >= 0.3 is 0 Å². The van der Waals surface area contributed by atoms with E-state index in [1.54, 1.807) is 20.8 Å². The Morgan fingerprint density at radius 1 is 1.19 bits per heavy atom. The first-order chi connectivity index (χ1) is 7.26. The molecule has 0 amide bonds. The number of aliphatic hydroxyl groups is 1. The van der Waals surface area contributed by atoms with E-state index in [-0.39, 0.29) is 12.6 Å². The Bertz CT molecular complexity index is 311. The Hall–Kier alpha value is -0.130. The fourth-order valence-electron chi connectivity index (χ4n) is 1.86. The van der Waals surface area contributed by atoms with Gasteiger partial charge in [-0.25, -0.2) is 13.1 Å². The van der Waals surface area contributed by atoms with Crippen LogP contribution in [0.1, 0.15) is 46.5 Å². The molecule has 0 atom stereocenters. The molecule has 2 N–H and O–H groups in total. The molecule has 1 aliphatic carbocycles. The lowest BCUT2D eigenvalue weighted by atomic mass is 9.87. The molecule has 1 rings (SSSR count). The summed E-state index contributed by atoms with van der Waals surface area (Å²) in [5.41, 5.74) is 0. The lowest BCUT2D eigenvalue weighted by molar-refractivity contribution is 0.180. The van der Waals surface area contributed by atoms with E-state index >= 15 is 0 Å². The van der Waals surface area contributed by atoms with Crippen LogP contribution in [0, 0.1) is 5.92 Å². The molecule has 0 aliphatic heterocycles. The highest BCUT2D eigenvalue weighted by Gasteiger charge is 2.32. The number of aliphatic hydroxyl groups excluding tert-OH is 1. The summed E-state index contributed by atoms with van der Waals surface area (Å²) in [5.74, 6) is 0.357. The molecule has 0 aromatic carbocycles. The number of sulfonamides is 1. The predicted molar refractivity (Wildman–Crippen MR) is 64.6 cm³/mol. The molecule has 0 aromatic heterocycles. The number of hydrogen-bond donors (Lipinski definition) is 2. The van der Waals surface area contributed by atoms with E-state index in [9.17, 15) is 8.42 Å². The molecule has 0 saturated heterocycles. The maximum Gasteiger partial charge on any atom is 0.216 e.